The highest BCUT2D eigenvalue weighted by molar-refractivity contribution is 5.94. The standard InChI is InChI=1S/C20H20N2/c1-2-9-18(10-3-1)21-13-15-22(16-14-21)20-12-6-8-17-7-4-5-11-19(17)20/h1-12H,13-16H2. The lowest BCUT2D eigenvalue weighted by molar-refractivity contribution is 0.655. The highest BCUT2D eigenvalue weighted by Crippen LogP contribution is 2.28. The number of rotatable bonds is 2. The largest absolute Gasteiger partial charge is 0.368 e. The van der Waals surface area contributed by atoms with Crippen molar-refractivity contribution in [3.8, 4) is 0 Å². The summed E-state index contributed by atoms with van der Waals surface area (Å²) < 4.78 is 0. The summed E-state index contributed by atoms with van der Waals surface area (Å²) in [5.74, 6) is 0. The van der Waals surface area contributed by atoms with Gasteiger partial charge in [0.15, 0.2) is 0 Å². The molecule has 0 aromatic heterocycles. The van der Waals surface area contributed by atoms with Gasteiger partial charge in [0.1, 0.15) is 0 Å². The van der Waals surface area contributed by atoms with Gasteiger partial charge >= 0.3 is 0 Å². The fourth-order valence-corrected chi connectivity index (χ4v) is 3.33. The van der Waals surface area contributed by atoms with Crippen LogP contribution < -0.4 is 9.80 Å². The first-order valence-electron chi connectivity index (χ1n) is 7.94. The van der Waals surface area contributed by atoms with Gasteiger partial charge in [0.2, 0.25) is 0 Å². The van der Waals surface area contributed by atoms with Gasteiger partial charge in [-0.15, -0.1) is 0 Å². The van der Waals surface area contributed by atoms with Crippen molar-refractivity contribution < 1.29 is 0 Å². The van der Waals surface area contributed by atoms with Gasteiger partial charge in [-0.05, 0) is 23.6 Å². The third-order valence-corrected chi connectivity index (χ3v) is 4.51. The number of nitrogens with zero attached hydrogens (tertiary/aromatic N) is 2. The van der Waals surface area contributed by atoms with Gasteiger partial charge in [-0.3, -0.25) is 0 Å². The zero-order valence-electron chi connectivity index (χ0n) is 12.7. The third kappa shape index (κ3) is 2.41. The molecule has 2 nitrogen and oxygen atoms in total. The molecule has 1 aliphatic heterocycles. The van der Waals surface area contributed by atoms with Crippen molar-refractivity contribution in [2.75, 3.05) is 36.0 Å². The van der Waals surface area contributed by atoms with Gasteiger partial charge < -0.3 is 9.80 Å². The number of piperazine rings is 1. The number of hydrogen-bond donors (Lipinski definition) is 0. The van der Waals surface area contributed by atoms with Crippen LogP contribution in [0.4, 0.5) is 11.4 Å². The third-order valence-electron chi connectivity index (χ3n) is 4.51. The average molecular weight is 288 g/mol. The maximum atomic E-state index is 2.52. The SMILES string of the molecule is c1ccc(N2CCN(c3cccc4ccccc34)CC2)cc1. The predicted molar refractivity (Wildman–Crippen MR) is 94.8 cm³/mol. The molecule has 1 heterocycles. The molecule has 22 heavy (non-hydrogen) atoms. The molecule has 0 unspecified atom stereocenters. The second-order valence-corrected chi connectivity index (χ2v) is 5.81. The quantitative estimate of drug-likeness (QED) is 0.698. The molecule has 0 atom stereocenters. The Morgan fingerprint density at radius 1 is 0.545 bits per heavy atom. The molecule has 0 radical (unpaired) electrons. The summed E-state index contributed by atoms with van der Waals surface area (Å²) >= 11 is 0. The van der Waals surface area contributed by atoms with Crippen molar-refractivity contribution in [1.82, 2.24) is 0 Å². The topological polar surface area (TPSA) is 6.48 Å². The monoisotopic (exact) mass is 288 g/mol. The van der Waals surface area contributed by atoms with Gasteiger partial charge in [-0.1, -0.05) is 54.6 Å². The molecule has 3 aromatic rings. The van der Waals surface area contributed by atoms with Gasteiger partial charge in [0, 0.05) is 42.9 Å². The Bertz CT molecular complexity index is 754. The van der Waals surface area contributed by atoms with Gasteiger partial charge in [-0.25, -0.2) is 0 Å². The van der Waals surface area contributed by atoms with E-state index in [1.165, 1.54) is 22.1 Å². The lowest BCUT2D eigenvalue weighted by atomic mass is 10.1. The molecule has 3 aromatic carbocycles. The first-order valence-corrected chi connectivity index (χ1v) is 7.94. The number of hydrogen-bond acceptors (Lipinski definition) is 2. The number of fused-ring (bicyclic) bond motifs is 1. The number of para-hydroxylation sites is 1. The van der Waals surface area contributed by atoms with Crippen molar-refractivity contribution in [2.24, 2.45) is 0 Å². The molecule has 2 heteroatoms. The van der Waals surface area contributed by atoms with E-state index in [1.54, 1.807) is 0 Å². The Morgan fingerprint density at radius 3 is 2.00 bits per heavy atom. The molecule has 1 saturated heterocycles. The zero-order valence-corrected chi connectivity index (χ0v) is 12.7. The van der Waals surface area contributed by atoms with Crippen molar-refractivity contribution in [1.29, 1.82) is 0 Å². The van der Waals surface area contributed by atoms with E-state index in [9.17, 15) is 0 Å². The molecule has 0 aliphatic carbocycles. The van der Waals surface area contributed by atoms with Crippen LogP contribution in [0.3, 0.4) is 0 Å². The van der Waals surface area contributed by atoms with E-state index in [0.29, 0.717) is 0 Å². The molecule has 0 N–H and O–H groups in total. The Hall–Kier alpha value is -2.48. The Labute approximate surface area is 131 Å². The average Bonchev–Trinajstić information content (AvgIpc) is 2.62. The van der Waals surface area contributed by atoms with Crippen LogP contribution in [-0.2, 0) is 0 Å². The van der Waals surface area contributed by atoms with Crippen LogP contribution in [0.5, 0.6) is 0 Å². The molecule has 110 valence electrons. The fraction of sp³-hybridized carbons (Fsp3) is 0.200. The van der Waals surface area contributed by atoms with E-state index in [0.717, 1.165) is 26.2 Å². The summed E-state index contributed by atoms with van der Waals surface area (Å²) in [7, 11) is 0. The summed E-state index contributed by atoms with van der Waals surface area (Å²) in [6.07, 6.45) is 0. The lowest BCUT2D eigenvalue weighted by Crippen LogP contribution is -2.46. The number of benzene rings is 3. The van der Waals surface area contributed by atoms with E-state index in [2.05, 4.69) is 82.6 Å². The highest BCUT2D eigenvalue weighted by Gasteiger charge is 2.18. The van der Waals surface area contributed by atoms with Crippen molar-refractivity contribution in [3.05, 3.63) is 72.8 Å². The Balaban J connectivity index is 1.56. The van der Waals surface area contributed by atoms with Crippen LogP contribution in [0.1, 0.15) is 0 Å². The predicted octanol–water partition coefficient (Wildman–Crippen LogP) is 4.17. The van der Waals surface area contributed by atoms with Gasteiger partial charge in [0.25, 0.3) is 0 Å². The van der Waals surface area contributed by atoms with Crippen molar-refractivity contribution >= 4 is 22.1 Å². The maximum Gasteiger partial charge on any atom is 0.0447 e. The minimum absolute atomic E-state index is 1.07. The Morgan fingerprint density at radius 2 is 1.18 bits per heavy atom. The van der Waals surface area contributed by atoms with Crippen molar-refractivity contribution in [3.63, 3.8) is 0 Å². The summed E-state index contributed by atoms with van der Waals surface area (Å²) in [4.78, 5) is 4.99. The van der Waals surface area contributed by atoms with Crippen LogP contribution in [0.25, 0.3) is 10.8 Å². The summed E-state index contributed by atoms with van der Waals surface area (Å²) in [6, 6.07) is 26.0. The van der Waals surface area contributed by atoms with E-state index >= 15 is 0 Å². The summed E-state index contributed by atoms with van der Waals surface area (Å²) in [5.41, 5.74) is 2.70. The minimum Gasteiger partial charge on any atom is -0.368 e. The minimum atomic E-state index is 1.07. The molecular weight excluding hydrogens is 268 g/mol. The van der Waals surface area contributed by atoms with E-state index in [4.69, 9.17) is 0 Å². The second kappa shape index (κ2) is 5.72. The molecule has 4 rings (SSSR count). The number of anilines is 2. The Kier molecular flexibility index (Phi) is 3.43. The van der Waals surface area contributed by atoms with E-state index in [-0.39, 0.29) is 0 Å². The van der Waals surface area contributed by atoms with Crippen molar-refractivity contribution in [2.45, 2.75) is 0 Å². The second-order valence-electron chi connectivity index (χ2n) is 5.81. The first kappa shape index (κ1) is 13.2. The van der Waals surface area contributed by atoms with Crippen LogP contribution in [-0.4, -0.2) is 26.2 Å². The molecule has 1 fully saturated rings. The molecule has 1 aliphatic rings. The van der Waals surface area contributed by atoms with E-state index < -0.39 is 0 Å². The molecule has 0 amide bonds. The normalized spacial score (nSPS) is 15.3. The van der Waals surface area contributed by atoms with Gasteiger partial charge in [0.05, 0.1) is 0 Å². The fourth-order valence-electron chi connectivity index (χ4n) is 3.33. The maximum absolute atomic E-state index is 2.52. The van der Waals surface area contributed by atoms with Crippen LogP contribution in [0, 0.1) is 0 Å². The molecule has 0 saturated carbocycles. The van der Waals surface area contributed by atoms with Gasteiger partial charge in [-0.2, -0.15) is 0 Å². The molecule has 0 bridgehead atoms. The summed E-state index contributed by atoms with van der Waals surface area (Å²) in [6.45, 7) is 4.30. The summed E-state index contributed by atoms with van der Waals surface area (Å²) in [5, 5.41) is 2.68. The van der Waals surface area contributed by atoms with Crippen LogP contribution in [0.15, 0.2) is 72.8 Å². The molecule has 0 spiro atoms. The molecular formula is C20H20N2. The smallest absolute Gasteiger partial charge is 0.0447 e. The van der Waals surface area contributed by atoms with Crippen LogP contribution in [0.2, 0.25) is 0 Å². The zero-order chi connectivity index (χ0) is 14.8. The highest BCUT2D eigenvalue weighted by atomic mass is 15.3. The first-order chi connectivity index (χ1) is 10.9. The lowest BCUT2D eigenvalue weighted by Gasteiger charge is -2.37. The van der Waals surface area contributed by atoms with E-state index in [1.807, 2.05) is 0 Å². The van der Waals surface area contributed by atoms with Crippen LogP contribution >= 0.6 is 0 Å².